The molecule has 0 aromatic carbocycles. The molecule has 2 unspecified atom stereocenters. The van der Waals surface area contributed by atoms with Gasteiger partial charge in [0.2, 0.25) is 0 Å². The van der Waals surface area contributed by atoms with E-state index in [0.717, 1.165) is 29.2 Å². The Hall–Kier alpha value is -1.20. The molecule has 0 saturated carbocycles. The highest BCUT2D eigenvalue weighted by atomic mass is 32.1. The zero-order chi connectivity index (χ0) is 15.0. The summed E-state index contributed by atoms with van der Waals surface area (Å²) < 4.78 is 0. The maximum absolute atomic E-state index is 5.75. The number of aryl methyl sites for hydroxylation is 1. The second-order valence-corrected chi connectivity index (χ2v) is 6.90. The van der Waals surface area contributed by atoms with Crippen molar-refractivity contribution < 1.29 is 0 Å². The highest BCUT2D eigenvalue weighted by Gasteiger charge is 2.35. The van der Waals surface area contributed by atoms with Crippen LogP contribution in [0.1, 0.15) is 43.4 Å². The Bertz CT molecular complexity index is 531. The van der Waals surface area contributed by atoms with Crippen LogP contribution in [0.5, 0.6) is 0 Å². The Morgan fingerprint density at radius 3 is 2.62 bits per heavy atom. The number of nitrogens with zero attached hydrogens (tertiary/aromatic N) is 2. The van der Waals surface area contributed by atoms with Crippen molar-refractivity contribution in [2.45, 2.75) is 57.2 Å². The van der Waals surface area contributed by atoms with Crippen LogP contribution in [-0.2, 0) is 0 Å². The fraction of sp³-hybridized carbons (Fsp3) is 0.625. The fourth-order valence-electron chi connectivity index (χ4n) is 3.83. The predicted molar refractivity (Wildman–Crippen MR) is 90.7 cm³/mol. The number of hydrogen-bond acceptors (Lipinski definition) is 4. The normalized spacial score (nSPS) is 29.1. The van der Waals surface area contributed by atoms with Gasteiger partial charge in [-0.05, 0) is 51.8 Å². The molecule has 2 atom stereocenters. The van der Waals surface area contributed by atoms with Crippen LogP contribution in [0, 0.1) is 6.92 Å². The Balaban J connectivity index is 1.74. The highest BCUT2D eigenvalue weighted by Crippen LogP contribution is 2.33. The summed E-state index contributed by atoms with van der Waals surface area (Å²) in [6, 6.07) is 5.86. The molecule has 3 N–H and O–H groups in total. The van der Waals surface area contributed by atoms with E-state index < -0.39 is 0 Å². The first-order valence-corrected chi connectivity index (χ1v) is 8.20. The summed E-state index contributed by atoms with van der Waals surface area (Å²) in [5, 5.41) is 3.61. The monoisotopic (exact) mass is 304 g/mol. The SMILES string of the molecule is Cc1cc(C(N)=S)cc(NC2CC3CCCC(C2)N3C)n1. The topological polar surface area (TPSA) is 54.2 Å². The Morgan fingerprint density at radius 2 is 2.00 bits per heavy atom. The number of pyridine rings is 1. The van der Waals surface area contributed by atoms with E-state index >= 15 is 0 Å². The third-order valence-corrected chi connectivity index (χ3v) is 5.17. The molecule has 0 spiro atoms. The molecule has 4 nitrogen and oxygen atoms in total. The van der Waals surface area contributed by atoms with Crippen LogP contribution in [0.2, 0.25) is 0 Å². The van der Waals surface area contributed by atoms with E-state index in [0.29, 0.717) is 11.0 Å². The smallest absolute Gasteiger partial charge is 0.127 e. The zero-order valence-corrected chi connectivity index (χ0v) is 13.6. The largest absolute Gasteiger partial charge is 0.389 e. The van der Waals surface area contributed by atoms with Gasteiger partial charge in [-0.15, -0.1) is 0 Å². The van der Waals surface area contributed by atoms with Crippen molar-refractivity contribution in [3.8, 4) is 0 Å². The van der Waals surface area contributed by atoms with E-state index in [-0.39, 0.29) is 0 Å². The number of nitrogens with two attached hydrogens (primary N) is 1. The first-order valence-electron chi connectivity index (χ1n) is 7.80. The lowest BCUT2D eigenvalue weighted by Crippen LogP contribution is -2.52. The van der Waals surface area contributed by atoms with Crippen LogP contribution in [0.25, 0.3) is 0 Å². The van der Waals surface area contributed by atoms with Crippen molar-refractivity contribution in [2.24, 2.45) is 5.73 Å². The number of thiocarbonyl (C=S) groups is 1. The minimum absolute atomic E-state index is 0.434. The van der Waals surface area contributed by atoms with E-state index in [1.165, 1.54) is 32.1 Å². The molecule has 2 fully saturated rings. The third kappa shape index (κ3) is 3.19. The number of aromatic nitrogens is 1. The molecule has 21 heavy (non-hydrogen) atoms. The molecule has 114 valence electrons. The Labute approximate surface area is 132 Å². The van der Waals surface area contributed by atoms with Crippen LogP contribution >= 0.6 is 12.2 Å². The molecule has 1 aromatic rings. The van der Waals surface area contributed by atoms with Gasteiger partial charge < -0.3 is 16.0 Å². The quantitative estimate of drug-likeness (QED) is 0.840. The number of nitrogens with one attached hydrogen (secondary N) is 1. The average molecular weight is 304 g/mol. The molecule has 0 amide bonds. The molecule has 3 rings (SSSR count). The summed E-state index contributed by atoms with van der Waals surface area (Å²) in [5.74, 6) is 0.908. The summed E-state index contributed by atoms with van der Waals surface area (Å²) in [6.45, 7) is 1.98. The van der Waals surface area contributed by atoms with Crippen LogP contribution in [0.4, 0.5) is 5.82 Å². The van der Waals surface area contributed by atoms with Gasteiger partial charge in [0, 0.05) is 29.4 Å². The lowest BCUT2D eigenvalue weighted by atomic mass is 9.82. The minimum Gasteiger partial charge on any atom is -0.389 e. The molecule has 2 saturated heterocycles. The summed E-state index contributed by atoms with van der Waals surface area (Å²) in [6.07, 6.45) is 6.42. The lowest BCUT2D eigenvalue weighted by molar-refractivity contribution is 0.0608. The van der Waals surface area contributed by atoms with E-state index in [9.17, 15) is 0 Å². The van der Waals surface area contributed by atoms with E-state index in [2.05, 4.69) is 22.2 Å². The zero-order valence-electron chi connectivity index (χ0n) is 12.8. The lowest BCUT2D eigenvalue weighted by Gasteiger charge is -2.47. The molecule has 5 heteroatoms. The molecule has 0 aliphatic carbocycles. The Kier molecular flexibility index (Phi) is 4.13. The maximum atomic E-state index is 5.75. The van der Waals surface area contributed by atoms with Crippen molar-refractivity contribution in [3.05, 3.63) is 23.4 Å². The number of fused-ring (bicyclic) bond motifs is 2. The second-order valence-electron chi connectivity index (χ2n) is 6.46. The summed E-state index contributed by atoms with van der Waals surface area (Å²) in [5.41, 5.74) is 7.60. The molecule has 2 bridgehead atoms. The van der Waals surface area contributed by atoms with Gasteiger partial charge in [0.15, 0.2) is 0 Å². The van der Waals surface area contributed by atoms with Crippen LogP contribution in [0.15, 0.2) is 12.1 Å². The third-order valence-electron chi connectivity index (χ3n) is 4.93. The number of anilines is 1. The van der Waals surface area contributed by atoms with E-state index in [1.54, 1.807) is 0 Å². The van der Waals surface area contributed by atoms with Crippen molar-refractivity contribution in [2.75, 3.05) is 12.4 Å². The summed E-state index contributed by atoms with van der Waals surface area (Å²) in [4.78, 5) is 7.59. The molecule has 0 radical (unpaired) electrons. The van der Waals surface area contributed by atoms with Gasteiger partial charge in [-0.3, -0.25) is 0 Å². The first kappa shape index (κ1) is 14.7. The van der Waals surface area contributed by atoms with Gasteiger partial charge in [0.25, 0.3) is 0 Å². The van der Waals surface area contributed by atoms with Gasteiger partial charge in [0.05, 0.1) is 0 Å². The van der Waals surface area contributed by atoms with Crippen molar-refractivity contribution >= 4 is 23.0 Å². The average Bonchev–Trinajstić information content (AvgIpc) is 2.39. The molecule has 1 aromatic heterocycles. The first-order chi connectivity index (χ1) is 10.0. The molecular weight excluding hydrogens is 280 g/mol. The predicted octanol–water partition coefficient (Wildman–Crippen LogP) is 2.45. The van der Waals surface area contributed by atoms with Gasteiger partial charge >= 0.3 is 0 Å². The van der Waals surface area contributed by atoms with E-state index in [4.69, 9.17) is 18.0 Å². The summed E-state index contributed by atoms with van der Waals surface area (Å²) in [7, 11) is 2.28. The Morgan fingerprint density at radius 1 is 1.33 bits per heavy atom. The van der Waals surface area contributed by atoms with E-state index in [1.807, 2.05) is 19.1 Å². The van der Waals surface area contributed by atoms with Crippen molar-refractivity contribution in [3.63, 3.8) is 0 Å². The fourth-order valence-corrected chi connectivity index (χ4v) is 3.95. The molecular formula is C16H24N4S. The number of rotatable bonds is 3. The molecule has 2 aliphatic rings. The van der Waals surface area contributed by atoms with Crippen LogP contribution in [0.3, 0.4) is 0 Å². The van der Waals surface area contributed by atoms with Crippen LogP contribution < -0.4 is 11.1 Å². The standard InChI is InChI=1S/C16H24N4S/c1-10-6-11(16(17)21)7-15(18-10)19-12-8-13-4-3-5-14(9-12)20(13)2/h6-7,12-14H,3-5,8-9H2,1-2H3,(H2,17,21)(H,18,19). The number of piperidine rings is 2. The van der Waals surface area contributed by atoms with Crippen molar-refractivity contribution in [1.29, 1.82) is 0 Å². The maximum Gasteiger partial charge on any atom is 0.127 e. The molecule has 2 aliphatic heterocycles. The van der Waals surface area contributed by atoms with Gasteiger partial charge in [-0.25, -0.2) is 4.98 Å². The highest BCUT2D eigenvalue weighted by molar-refractivity contribution is 7.80. The summed E-state index contributed by atoms with van der Waals surface area (Å²) >= 11 is 5.08. The molecule has 3 heterocycles. The second kappa shape index (κ2) is 5.89. The van der Waals surface area contributed by atoms with Crippen LogP contribution in [-0.4, -0.2) is 40.0 Å². The van der Waals surface area contributed by atoms with Gasteiger partial charge in [-0.1, -0.05) is 18.6 Å². The van der Waals surface area contributed by atoms with Gasteiger partial charge in [0.1, 0.15) is 10.8 Å². The van der Waals surface area contributed by atoms with Gasteiger partial charge in [-0.2, -0.15) is 0 Å². The number of hydrogen-bond donors (Lipinski definition) is 2. The minimum atomic E-state index is 0.434. The van der Waals surface area contributed by atoms with Crippen molar-refractivity contribution in [1.82, 2.24) is 9.88 Å².